The average molecular weight is 274 g/mol. The molecular weight excluding hydrogens is 252 g/mol. The monoisotopic (exact) mass is 274 g/mol. The van der Waals surface area contributed by atoms with Crippen molar-refractivity contribution in [2.45, 2.75) is 32.9 Å². The quantitative estimate of drug-likeness (QED) is 0.752. The number of aromatic nitrogens is 3. The van der Waals surface area contributed by atoms with E-state index in [0.717, 1.165) is 32.1 Å². The van der Waals surface area contributed by atoms with Gasteiger partial charge in [-0.25, -0.2) is 4.98 Å². The summed E-state index contributed by atoms with van der Waals surface area (Å²) in [5.74, 6) is 0.894. The zero-order valence-corrected chi connectivity index (χ0v) is 12.1. The Labute approximate surface area is 120 Å². The summed E-state index contributed by atoms with van der Waals surface area (Å²) in [6.45, 7) is 6.60. The van der Waals surface area contributed by atoms with Crippen LogP contribution in [0, 0.1) is 0 Å². The van der Waals surface area contributed by atoms with E-state index in [9.17, 15) is 0 Å². The maximum Gasteiger partial charge on any atom is 0.203 e. The molecule has 0 aromatic carbocycles. The number of hydrogen-bond donors (Lipinski definition) is 1. The zero-order valence-electron chi connectivity index (χ0n) is 12.1. The number of hydrogen-bond acceptors (Lipinski definition) is 4. The lowest BCUT2D eigenvalue weighted by Crippen LogP contribution is -2.12. The minimum Gasteiger partial charge on any atom is -0.382 e. The van der Waals surface area contributed by atoms with E-state index in [1.807, 2.05) is 43.8 Å². The lowest BCUT2D eigenvalue weighted by molar-refractivity contribution is 0.142. The molecule has 0 bridgehead atoms. The van der Waals surface area contributed by atoms with E-state index in [1.54, 1.807) is 0 Å². The van der Waals surface area contributed by atoms with E-state index < -0.39 is 0 Å². The fourth-order valence-corrected chi connectivity index (χ4v) is 2.04. The van der Waals surface area contributed by atoms with Gasteiger partial charge in [0.2, 0.25) is 5.95 Å². The van der Waals surface area contributed by atoms with Crippen LogP contribution in [0.3, 0.4) is 0 Å². The third-order valence-corrected chi connectivity index (χ3v) is 3.16. The predicted octanol–water partition coefficient (Wildman–Crippen LogP) is 2.88. The van der Waals surface area contributed by atoms with Crippen molar-refractivity contribution in [3.8, 4) is 0 Å². The summed E-state index contributed by atoms with van der Waals surface area (Å²) in [6, 6.07) is 4.23. The second-order valence-corrected chi connectivity index (χ2v) is 4.64. The number of imidazole rings is 1. The molecule has 0 fully saturated rings. The van der Waals surface area contributed by atoms with E-state index in [0.29, 0.717) is 0 Å². The van der Waals surface area contributed by atoms with Gasteiger partial charge in [-0.2, -0.15) is 0 Å². The Morgan fingerprint density at radius 2 is 2.10 bits per heavy atom. The predicted molar refractivity (Wildman–Crippen MR) is 79.6 cm³/mol. The summed E-state index contributed by atoms with van der Waals surface area (Å²) < 4.78 is 7.48. The molecule has 2 aromatic rings. The Morgan fingerprint density at radius 1 is 1.30 bits per heavy atom. The van der Waals surface area contributed by atoms with Crippen LogP contribution >= 0.6 is 0 Å². The number of anilines is 1. The van der Waals surface area contributed by atoms with Gasteiger partial charge in [0.05, 0.1) is 6.04 Å². The SMILES string of the molecule is CCOCCCn1ccnc1NC(C)c1ccncc1. The van der Waals surface area contributed by atoms with Gasteiger partial charge in [-0.05, 0) is 38.0 Å². The van der Waals surface area contributed by atoms with Gasteiger partial charge in [0.25, 0.3) is 0 Å². The Balaban J connectivity index is 1.91. The topological polar surface area (TPSA) is 52.0 Å². The van der Waals surface area contributed by atoms with Crippen LogP contribution in [-0.2, 0) is 11.3 Å². The molecule has 5 heteroatoms. The third-order valence-electron chi connectivity index (χ3n) is 3.16. The van der Waals surface area contributed by atoms with E-state index >= 15 is 0 Å². The van der Waals surface area contributed by atoms with Gasteiger partial charge in [-0.3, -0.25) is 4.98 Å². The standard InChI is InChI=1S/C15H22N4O/c1-3-20-12-4-10-19-11-9-17-15(19)18-13(2)14-5-7-16-8-6-14/h5-9,11,13H,3-4,10,12H2,1-2H3,(H,17,18). The van der Waals surface area contributed by atoms with Crippen LogP contribution in [0.5, 0.6) is 0 Å². The molecule has 1 N–H and O–H groups in total. The molecule has 1 unspecified atom stereocenters. The molecule has 0 aliphatic heterocycles. The third kappa shape index (κ3) is 4.06. The minimum atomic E-state index is 0.200. The first-order chi connectivity index (χ1) is 9.81. The summed E-state index contributed by atoms with van der Waals surface area (Å²) in [7, 11) is 0. The van der Waals surface area contributed by atoms with Crippen LogP contribution in [0.4, 0.5) is 5.95 Å². The van der Waals surface area contributed by atoms with Gasteiger partial charge in [-0.15, -0.1) is 0 Å². The van der Waals surface area contributed by atoms with Crippen molar-refractivity contribution in [1.82, 2.24) is 14.5 Å². The highest BCUT2D eigenvalue weighted by molar-refractivity contribution is 5.31. The van der Waals surface area contributed by atoms with Gasteiger partial charge in [0.15, 0.2) is 0 Å². The number of ether oxygens (including phenoxy) is 1. The number of aryl methyl sites for hydroxylation is 1. The molecule has 1 atom stereocenters. The van der Waals surface area contributed by atoms with E-state index in [2.05, 4.69) is 26.8 Å². The molecule has 0 spiro atoms. The Hall–Kier alpha value is -1.88. The molecular formula is C15H22N4O. The molecule has 0 aliphatic carbocycles. The van der Waals surface area contributed by atoms with Crippen LogP contribution in [0.25, 0.3) is 0 Å². The lowest BCUT2D eigenvalue weighted by Gasteiger charge is -2.16. The van der Waals surface area contributed by atoms with Crippen molar-refractivity contribution in [3.63, 3.8) is 0 Å². The Bertz CT molecular complexity index is 498. The van der Waals surface area contributed by atoms with Gasteiger partial charge < -0.3 is 14.6 Å². The number of nitrogens with one attached hydrogen (secondary N) is 1. The highest BCUT2D eigenvalue weighted by atomic mass is 16.5. The fraction of sp³-hybridized carbons (Fsp3) is 0.467. The highest BCUT2D eigenvalue weighted by Crippen LogP contribution is 2.17. The molecule has 5 nitrogen and oxygen atoms in total. The van der Waals surface area contributed by atoms with E-state index in [1.165, 1.54) is 5.56 Å². The van der Waals surface area contributed by atoms with Crippen LogP contribution in [0.2, 0.25) is 0 Å². The first kappa shape index (κ1) is 14.5. The number of rotatable bonds is 8. The van der Waals surface area contributed by atoms with E-state index in [-0.39, 0.29) is 6.04 Å². The molecule has 108 valence electrons. The van der Waals surface area contributed by atoms with Crippen molar-refractivity contribution >= 4 is 5.95 Å². The molecule has 2 aromatic heterocycles. The second kappa shape index (κ2) is 7.65. The van der Waals surface area contributed by atoms with Crippen molar-refractivity contribution in [1.29, 1.82) is 0 Å². The lowest BCUT2D eigenvalue weighted by atomic mass is 10.1. The maximum absolute atomic E-state index is 5.36. The second-order valence-electron chi connectivity index (χ2n) is 4.64. The van der Waals surface area contributed by atoms with Crippen molar-refractivity contribution in [3.05, 3.63) is 42.5 Å². The largest absolute Gasteiger partial charge is 0.382 e. The number of pyridine rings is 1. The molecule has 0 saturated heterocycles. The summed E-state index contributed by atoms with van der Waals surface area (Å²) in [5.41, 5.74) is 1.20. The van der Waals surface area contributed by atoms with Crippen molar-refractivity contribution < 1.29 is 4.74 Å². The maximum atomic E-state index is 5.36. The molecule has 0 radical (unpaired) electrons. The van der Waals surface area contributed by atoms with Gasteiger partial charge >= 0.3 is 0 Å². The fourth-order valence-electron chi connectivity index (χ4n) is 2.04. The smallest absolute Gasteiger partial charge is 0.203 e. The zero-order chi connectivity index (χ0) is 14.2. The summed E-state index contributed by atoms with van der Waals surface area (Å²) in [5, 5.41) is 3.43. The van der Waals surface area contributed by atoms with Gasteiger partial charge in [0, 0.05) is 44.5 Å². The Morgan fingerprint density at radius 3 is 2.85 bits per heavy atom. The van der Waals surface area contributed by atoms with Crippen LogP contribution in [0.1, 0.15) is 31.9 Å². The van der Waals surface area contributed by atoms with Crippen LogP contribution in [0.15, 0.2) is 36.9 Å². The first-order valence-electron chi connectivity index (χ1n) is 7.06. The normalized spacial score (nSPS) is 12.3. The Kier molecular flexibility index (Phi) is 5.55. The van der Waals surface area contributed by atoms with Crippen LogP contribution < -0.4 is 5.32 Å². The molecule has 2 heterocycles. The highest BCUT2D eigenvalue weighted by Gasteiger charge is 2.08. The molecule has 0 saturated carbocycles. The summed E-state index contributed by atoms with van der Waals surface area (Å²) >= 11 is 0. The van der Waals surface area contributed by atoms with Gasteiger partial charge in [0.1, 0.15) is 0 Å². The minimum absolute atomic E-state index is 0.200. The number of nitrogens with zero attached hydrogens (tertiary/aromatic N) is 3. The van der Waals surface area contributed by atoms with Crippen LogP contribution in [-0.4, -0.2) is 27.7 Å². The molecule has 20 heavy (non-hydrogen) atoms. The van der Waals surface area contributed by atoms with Crippen molar-refractivity contribution in [2.24, 2.45) is 0 Å². The molecule has 2 rings (SSSR count). The summed E-state index contributed by atoms with van der Waals surface area (Å²) in [4.78, 5) is 8.41. The molecule has 0 amide bonds. The van der Waals surface area contributed by atoms with Gasteiger partial charge in [-0.1, -0.05) is 0 Å². The first-order valence-corrected chi connectivity index (χ1v) is 7.06. The van der Waals surface area contributed by atoms with Crippen molar-refractivity contribution in [2.75, 3.05) is 18.5 Å². The molecule has 0 aliphatic rings. The van der Waals surface area contributed by atoms with E-state index in [4.69, 9.17) is 4.74 Å². The average Bonchev–Trinajstić information content (AvgIpc) is 2.92. The summed E-state index contributed by atoms with van der Waals surface area (Å²) in [6.07, 6.45) is 8.42.